The Morgan fingerprint density at radius 3 is 1.47 bits per heavy atom. The molecule has 1 rings (SSSR count). The first-order valence-corrected chi connectivity index (χ1v) is 19.7. The number of quaternary nitrogens is 1. The standard InChI is InChI=1S/C22H43N3.C18H34O2/c1-2-3-4-5-6-7-8-9-10-11-12-13-14-15-16-17-22-24-19-21-25(22)20-18-23;1-2-3-4-5-6-7-8-9-10-11-12-13-14-15-16-17-18(19)20/h9-10H,2-8,11-21,23H2,1H3;9-10H,2-8,11-17H2,1H3,(H,19,20). The summed E-state index contributed by atoms with van der Waals surface area (Å²) in [5.41, 5.74) is 3.96. The Labute approximate surface area is 281 Å². The van der Waals surface area contributed by atoms with Crippen LogP contribution in [0.1, 0.15) is 194 Å². The van der Waals surface area contributed by atoms with Gasteiger partial charge in [0.25, 0.3) is 0 Å². The average Bonchev–Trinajstić information content (AvgIpc) is 3.48. The highest BCUT2D eigenvalue weighted by atomic mass is 16.4. The van der Waals surface area contributed by atoms with E-state index in [1.165, 1.54) is 160 Å². The van der Waals surface area contributed by atoms with Crippen LogP contribution in [-0.2, 0) is 4.79 Å². The number of unbranched alkanes of at least 4 members (excludes halogenated alkanes) is 22. The van der Waals surface area contributed by atoms with Gasteiger partial charge in [-0.1, -0.05) is 141 Å². The first-order chi connectivity index (χ1) is 22.2. The molecule has 0 aromatic heterocycles. The Morgan fingerprint density at radius 1 is 0.644 bits per heavy atom. The van der Waals surface area contributed by atoms with Crippen LogP contribution in [-0.4, -0.2) is 42.9 Å². The van der Waals surface area contributed by atoms with Crippen LogP contribution in [0.3, 0.4) is 0 Å². The molecule has 0 radical (unpaired) electrons. The third kappa shape index (κ3) is 33.6. The van der Waals surface area contributed by atoms with E-state index in [2.05, 4.69) is 53.8 Å². The molecule has 264 valence electrons. The van der Waals surface area contributed by atoms with Gasteiger partial charge in [-0.05, 0) is 70.6 Å². The van der Waals surface area contributed by atoms with Gasteiger partial charge in [0.1, 0.15) is 0 Å². The third-order valence-corrected chi connectivity index (χ3v) is 8.76. The molecule has 0 aromatic carbocycles. The van der Waals surface area contributed by atoms with E-state index >= 15 is 0 Å². The molecule has 0 amide bonds. The number of aliphatic carboxylic acids is 1. The smallest absolute Gasteiger partial charge is 0.0992 e. The number of aliphatic imine (C=N–C) groups is 1. The molecule has 45 heavy (non-hydrogen) atoms. The number of carbonyl (C=O) groups is 1. The lowest BCUT2D eigenvalue weighted by Gasteiger charge is -2.18. The highest BCUT2D eigenvalue weighted by molar-refractivity contribution is 5.83. The van der Waals surface area contributed by atoms with Crippen molar-refractivity contribution >= 4 is 11.8 Å². The zero-order chi connectivity index (χ0) is 32.9. The zero-order valence-corrected chi connectivity index (χ0v) is 30.4. The van der Waals surface area contributed by atoms with Crippen molar-refractivity contribution in [2.24, 2.45) is 4.99 Å². The van der Waals surface area contributed by atoms with Crippen LogP contribution in [0.4, 0.5) is 0 Å². The van der Waals surface area contributed by atoms with E-state index in [4.69, 9.17) is 0 Å². The fourth-order valence-corrected chi connectivity index (χ4v) is 5.89. The summed E-state index contributed by atoms with van der Waals surface area (Å²) in [4.78, 5) is 17.3. The van der Waals surface area contributed by atoms with Crippen molar-refractivity contribution in [3.05, 3.63) is 24.3 Å². The van der Waals surface area contributed by atoms with Gasteiger partial charge in [0, 0.05) is 18.9 Å². The van der Waals surface area contributed by atoms with Gasteiger partial charge < -0.3 is 20.5 Å². The van der Waals surface area contributed by atoms with Crippen molar-refractivity contribution in [2.45, 2.75) is 194 Å². The summed E-state index contributed by atoms with van der Waals surface area (Å²) in [6.07, 6.45) is 44.7. The summed E-state index contributed by atoms with van der Waals surface area (Å²) in [6, 6.07) is 0. The van der Waals surface area contributed by atoms with E-state index in [9.17, 15) is 9.90 Å². The van der Waals surface area contributed by atoms with Crippen LogP contribution < -0.4 is 10.8 Å². The maximum atomic E-state index is 10.2. The molecule has 0 fully saturated rings. The number of nitrogens with zero attached hydrogens (tertiary/aromatic N) is 2. The first kappa shape index (κ1) is 43.4. The summed E-state index contributed by atoms with van der Waals surface area (Å²) < 4.78 is 0. The average molecular weight is 632 g/mol. The molecule has 0 unspecified atom stereocenters. The second kappa shape index (κ2) is 36.8. The summed E-state index contributed by atoms with van der Waals surface area (Å²) in [6.45, 7) is 8.74. The lowest BCUT2D eigenvalue weighted by molar-refractivity contribution is -0.367. The molecule has 0 aliphatic carbocycles. The number of carboxylic acid groups (broad SMARTS) is 1. The summed E-state index contributed by atoms with van der Waals surface area (Å²) in [5.74, 6) is 0.434. The van der Waals surface area contributed by atoms with Crippen LogP contribution in [0.2, 0.25) is 0 Å². The fourth-order valence-electron chi connectivity index (χ4n) is 5.89. The molecule has 5 heteroatoms. The van der Waals surface area contributed by atoms with Crippen molar-refractivity contribution < 1.29 is 15.6 Å². The van der Waals surface area contributed by atoms with Crippen molar-refractivity contribution in [1.82, 2.24) is 4.90 Å². The van der Waals surface area contributed by atoms with Gasteiger partial charge in [-0.25, -0.2) is 0 Å². The minimum absolute atomic E-state index is 0.220. The van der Waals surface area contributed by atoms with Crippen molar-refractivity contribution in [1.29, 1.82) is 0 Å². The summed E-state index contributed by atoms with van der Waals surface area (Å²) in [5, 5.41) is 10.2. The first-order valence-electron chi connectivity index (χ1n) is 19.7. The van der Waals surface area contributed by atoms with Gasteiger partial charge in [0.15, 0.2) is 0 Å². The predicted molar refractivity (Wildman–Crippen MR) is 196 cm³/mol. The molecule has 1 heterocycles. The van der Waals surface area contributed by atoms with Gasteiger partial charge >= 0.3 is 0 Å². The minimum Gasteiger partial charge on any atom is -0.550 e. The van der Waals surface area contributed by atoms with Gasteiger partial charge in [0.2, 0.25) is 0 Å². The van der Waals surface area contributed by atoms with Crippen LogP contribution in [0.15, 0.2) is 29.3 Å². The quantitative estimate of drug-likeness (QED) is 0.0592. The van der Waals surface area contributed by atoms with E-state index in [1.807, 2.05) is 0 Å². The molecule has 1 aliphatic heterocycles. The Balaban J connectivity index is 0.000000884. The zero-order valence-electron chi connectivity index (χ0n) is 30.4. The third-order valence-electron chi connectivity index (χ3n) is 8.76. The second-order valence-corrected chi connectivity index (χ2v) is 13.2. The van der Waals surface area contributed by atoms with E-state index in [0.717, 1.165) is 45.4 Å². The van der Waals surface area contributed by atoms with Gasteiger partial charge in [-0.2, -0.15) is 0 Å². The Morgan fingerprint density at radius 2 is 1.04 bits per heavy atom. The largest absolute Gasteiger partial charge is 0.550 e. The normalized spacial score (nSPS) is 13.1. The summed E-state index contributed by atoms with van der Waals surface area (Å²) >= 11 is 0. The SMILES string of the molecule is CCCCCCCCC=CCCCCCCCC(=O)[O-].CCCCCCCCC=CCCCCCCCC1=NCCN1CC[NH3+]. The van der Waals surface area contributed by atoms with Crippen LogP contribution in [0.5, 0.6) is 0 Å². The number of amidine groups is 1. The molecular weight excluding hydrogens is 554 g/mol. The van der Waals surface area contributed by atoms with Gasteiger partial charge in [-0.3, -0.25) is 4.99 Å². The Hall–Kier alpha value is -1.62. The predicted octanol–water partition coefficient (Wildman–Crippen LogP) is 9.75. The number of rotatable bonds is 32. The molecule has 0 atom stereocenters. The number of allylic oxidation sites excluding steroid dienone is 4. The molecule has 3 N–H and O–H groups in total. The van der Waals surface area contributed by atoms with E-state index < -0.39 is 5.97 Å². The maximum Gasteiger partial charge on any atom is 0.0992 e. The van der Waals surface area contributed by atoms with Crippen LogP contribution >= 0.6 is 0 Å². The Kier molecular flexibility index (Phi) is 35.5. The molecule has 0 bridgehead atoms. The molecule has 0 spiro atoms. The molecule has 0 aromatic rings. The van der Waals surface area contributed by atoms with E-state index in [0.29, 0.717) is 0 Å². The van der Waals surface area contributed by atoms with Gasteiger partial charge in [-0.15, -0.1) is 0 Å². The van der Waals surface area contributed by atoms with Crippen LogP contribution in [0, 0.1) is 0 Å². The molecule has 1 aliphatic rings. The maximum absolute atomic E-state index is 10.2. The topological polar surface area (TPSA) is 83.4 Å². The van der Waals surface area contributed by atoms with Crippen molar-refractivity contribution in [3.8, 4) is 0 Å². The molecular formula is C40H77N3O2. The molecule has 5 nitrogen and oxygen atoms in total. The lowest BCUT2D eigenvalue weighted by atomic mass is 10.1. The van der Waals surface area contributed by atoms with E-state index in [1.54, 1.807) is 0 Å². The monoisotopic (exact) mass is 632 g/mol. The van der Waals surface area contributed by atoms with E-state index in [-0.39, 0.29) is 6.42 Å². The minimum atomic E-state index is -0.914. The van der Waals surface area contributed by atoms with Crippen LogP contribution in [0.25, 0.3) is 0 Å². The van der Waals surface area contributed by atoms with Crippen molar-refractivity contribution in [2.75, 3.05) is 26.2 Å². The fraction of sp³-hybridized carbons (Fsp3) is 0.850. The molecule has 0 saturated carbocycles. The number of hydrogen-bond acceptors (Lipinski definition) is 4. The number of carbonyl (C=O) groups excluding carboxylic acids is 1. The van der Waals surface area contributed by atoms with Gasteiger partial charge in [0.05, 0.1) is 25.5 Å². The Bertz CT molecular complexity index is 704. The highest BCUT2D eigenvalue weighted by Crippen LogP contribution is 2.13. The molecule has 0 saturated heterocycles. The second-order valence-electron chi connectivity index (χ2n) is 13.2. The summed E-state index contributed by atoms with van der Waals surface area (Å²) in [7, 11) is 0. The number of carboxylic acids is 1. The van der Waals surface area contributed by atoms with Crippen molar-refractivity contribution in [3.63, 3.8) is 0 Å². The lowest BCUT2D eigenvalue weighted by Crippen LogP contribution is -2.55. The number of hydrogen-bond donors (Lipinski definition) is 1. The highest BCUT2D eigenvalue weighted by Gasteiger charge is 2.15.